The molecule has 1 aliphatic heterocycles. The second kappa shape index (κ2) is 10.5. The lowest BCUT2D eigenvalue weighted by molar-refractivity contribution is -0.143. The molecule has 2 aromatic rings. The number of nitrogens with zero attached hydrogens (tertiary/aromatic N) is 2. The Hall–Kier alpha value is -3.65. The van der Waals surface area contributed by atoms with Crippen molar-refractivity contribution in [3.63, 3.8) is 0 Å². The Morgan fingerprint density at radius 2 is 1.46 bits per heavy atom. The maximum absolute atomic E-state index is 13.5. The first-order chi connectivity index (χ1) is 17.8. The highest BCUT2D eigenvalue weighted by Gasteiger charge is 2.42. The predicted octanol–water partition coefficient (Wildman–Crippen LogP) is 7.12. The van der Waals surface area contributed by atoms with Crippen molar-refractivity contribution in [1.82, 2.24) is 4.90 Å². The summed E-state index contributed by atoms with van der Waals surface area (Å²) in [5.74, 6) is 0. The Bertz CT molecular complexity index is 1210. The van der Waals surface area contributed by atoms with Crippen molar-refractivity contribution >= 4 is 17.8 Å². The highest BCUT2D eigenvalue weighted by Crippen LogP contribution is 2.44. The van der Waals surface area contributed by atoms with Gasteiger partial charge in [-0.3, -0.25) is 4.90 Å². The standard InChI is InChI=1S/C24H22F9N3O3/c1-3-39-21(38)36-12(2)6-19(17-10-14(22(25,26)27)4-5-18(17)36)35(20(34)37)11-13-7-15(23(28,29)30)9-16(8-13)24(31,32)33/h4-5,7-10,12,19H,3,6,11H2,1-2H3,(H2,34,37). The van der Waals surface area contributed by atoms with Gasteiger partial charge in [0.15, 0.2) is 0 Å². The predicted molar refractivity (Wildman–Crippen MR) is 119 cm³/mol. The SMILES string of the molecule is CCOC(=O)N1c2ccc(C(F)(F)F)cc2C(N(Cc2cc(C(F)(F)F)cc(C(F)(F)F)c2)C(N)=O)CC1C. The van der Waals surface area contributed by atoms with Crippen molar-refractivity contribution in [2.75, 3.05) is 11.5 Å². The molecular formula is C24H22F9N3O3. The van der Waals surface area contributed by atoms with Crippen LogP contribution >= 0.6 is 0 Å². The van der Waals surface area contributed by atoms with E-state index in [0.29, 0.717) is 29.2 Å². The summed E-state index contributed by atoms with van der Waals surface area (Å²) in [6.45, 7) is 2.03. The van der Waals surface area contributed by atoms with E-state index in [4.69, 9.17) is 10.5 Å². The average Bonchev–Trinajstić information content (AvgIpc) is 2.79. The third kappa shape index (κ3) is 6.50. The van der Waals surface area contributed by atoms with Gasteiger partial charge < -0.3 is 15.4 Å². The number of halogens is 9. The summed E-state index contributed by atoms with van der Waals surface area (Å²) in [6.07, 6.45) is -16.3. The monoisotopic (exact) mass is 571 g/mol. The van der Waals surface area contributed by atoms with E-state index >= 15 is 0 Å². The number of anilines is 1. The number of nitrogens with two attached hydrogens (primary N) is 1. The molecule has 0 spiro atoms. The van der Waals surface area contributed by atoms with Crippen LogP contribution in [0.3, 0.4) is 0 Å². The molecule has 39 heavy (non-hydrogen) atoms. The fourth-order valence-corrected chi connectivity index (χ4v) is 4.43. The van der Waals surface area contributed by atoms with Gasteiger partial charge in [-0.15, -0.1) is 0 Å². The molecule has 3 rings (SSSR count). The maximum Gasteiger partial charge on any atom is 0.416 e. The minimum atomic E-state index is -5.17. The molecule has 0 bridgehead atoms. The van der Waals surface area contributed by atoms with E-state index in [0.717, 1.165) is 11.0 Å². The first kappa shape index (κ1) is 29.9. The van der Waals surface area contributed by atoms with E-state index in [1.165, 1.54) is 13.8 Å². The molecule has 214 valence electrons. The van der Waals surface area contributed by atoms with E-state index < -0.39 is 71.5 Å². The summed E-state index contributed by atoms with van der Waals surface area (Å²) >= 11 is 0. The molecule has 3 amide bonds. The van der Waals surface area contributed by atoms with E-state index in [2.05, 4.69) is 0 Å². The van der Waals surface area contributed by atoms with Gasteiger partial charge in [0.2, 0.25) is 0 Å². The number of benzene rings is 2. The second-order valence-corrected chi connectivity index (χ2v) is 8.82. The molecule has 2 atom stereocenters. The van der Waals surface area contributed by atoms with Gasteiger partial charge in [0, 0.05) is 12.6 Å². The zero-order valence-corrected chi connectivity index (χ0v) is 20.3. The molecule has 2 N–H and O–H groups in total. The summed E-state index contributed by atoms with van der Waals surface area (Å²) in [5, 5.41) is 0. The Morgan fingerprint density at radius 3 is 1.92 bits per heavy atom. The summed E-state index contributed by atoms with van der Waals surface area (Å²) in [7, 11) is 0. The molecule has 1 heterocycles. The molecule has 1 aliphatic rings. The van der Waals surface area contributed by atoms with Gasteiger partial charge in [-0.2, -0.15) is 39.5 Å². The van der Waals surface area contributed by atoms with Gasteiger partial charge in [0.05, 0.1) is 35.0 Å². The number of hydrogen-bond acceptors (Lipinski definition) is 3. The molecule has 0 saturated heterocycles. The Balaban J connectivity index is 2.17. The summed E-state index contributed by atoms with van der Waals surface area (Å²) < 4.78 is 126. The molecule has 0 saturated carbocycles. The lowest BCUT2D eigenvalue weighted by Crippen LogP contribution is -2.48. The minimum Gasteiger partial charge on any atom is -0.449 e. The molecular weight excluding hydrogens is 549 g/mol. The summed E-state index contributed by atoms with van der Waals surface area (Å²) in [5.41, 5.74) is 0.0816. The molecule has 0 radical (unpaired) electrons. The molecule has 2 unspecified atom stereocenters. The quantitative estimate of drug-likeness (QED) is 0.397. The maximum atomic E-state index is 13.5. The van der Waals surface area contributed by atoms with E-state index in [9.17, 15) is 49.1 Å². The number of ether oxygens (including phenoxy) is 1. The normalized spacial score (nSPS) is 18.0. The molecule has 0 fully saturated rings. The molecule has 0 aromatic heterocycles. The van der Waals surface area contributed by atoms with Crippen LogP contribution in [-0.4, -0.2) is 29.7 Å². The number of primary amides is 1. The number of carbonyl (C=O) groups is 2. The van der Waals surface area contributed by atoms with Gasteiger partial charge in [-0.1, -0.05) is 0 Å². The molecule has 6 nitrogen and oxygen atoms in total. The largest absolute Gasteiger partial charge is 0.449 e. The van der Waals surface area contributed by atoms with Crippen LogP contribution in [0.25, 0.3) is 0 Å². The van der Waals surface area contributed by atoms with Crippen molar-refractivity contribution in [3.05, 3.63) is 64.2 Å². The van der Waals surface area contributed by atoms with Gasteiger partial charge in [-0.25, -0.2) is 9.59 Å². The number of urea groups is 1. The fourth-order valence-electron chi connectivity index (χ4n) is 4.43. The number of fused-ring (bicyclic) bond motifs is 1. The van der Waals surface area contributed by atoms with Gasteiger partial charge in [-0.05, 0) is 67.8 Å². The Morgan fingerprint density at radius 1 is 0.923 bits per heavy atom. The van der Waals surface area contributed by atoms with Crippen molar-refractivity contribution in [3.8, 4) is 0 Å². The highest BCUT2D eigenvalue weighted by atomic mass is 19.4. The summed E-state index contributed by atoms with van der Waals surface area (Å²) in [4.78, 5) is 26.8. The average molecular weight is 571 g/mol. The Labute approximate surface area is 216 Å². The first-order valence-electron chi connectivity index (χ1n) is 11.4. The topological polar surface area (TPSA) is 75.9 Å². The van der Waals surface area contributed by atoms with Crippen LogP contribution in [0.5, 0.6) is 0 Å². The van der Waals surface area contributed by atoms with Crippen molar-refractivity contribution in [1.29, 1.82) is 0 Å². The van der Waals surface area contributed by atoms with Crippen molar-refractivity contribution < 1.29 is 53.8 Å². The minimum absolute atomic E-state index is 0.0635. The summed E-state index contributed by atoms with van der Waals surface area (Å²) in [6, 6.07) is -0.447. The van der Waals surface area contributed by atoms with Crippen molar-refractivity contribution in [2.24, 2.45) is 5.73 Å². The number of rotatable bonds is 4. The van der Waals surface area contributed by atoms with Crippen molar-refractivity contribution in [2.45, 2.75) is 57.4 Å². The Kier molecular flexibility index (Phi) is 8.04. The van der Waals surface area contributed by atoms with Crippen LogP contribution < -0.4 is 10.6 Å². The zero-order chi connectivity index (χ0) is 29.5. The third-order valence-corrected chi connectivity index (χ3v) is 6.10. The zero-order valence-electron chi connectivity index (χ0n) is 20.3. The van der Waals surface area contributed by atoms with Crippen LogP contribution in [0.1, 0.15) is 54.1 Å². The van der Waals surface area contributed by atoms with Crippen LogP contribution in [-0.2, 0) is 29.8 Å². The number of carbonyl (C=O) groups excluding carboxylic acids is 2. The van der Waals surface area contributed by atoms with Gasteiger partial charge in [0.25, 0.3) is 0 Å². The number of alkyl halides is 9. The highest BCUT2D eigenvalue weighted by molar-refractivity contribution is 5.90. The van der Waals surface area contributed by atoms with E-state index in [1.54, 1.807) is 0 Å². The fraction of sp³-hybridized carbons (Fsp3) is 0.417. The van der Waals surface area contributed by atoms with Crippen LogP contribution in [0, 0.1) is 0 Å². The van der Waals surface area contributed by atoms with E-state index in [-0.39, 0.29) is 30.3 Å². The molecule has 15 heteroatoms. The third-order valence-electron chi connectivity index (χ3n) is 6.10. The van der Waals surface area contributed by atoms with E-state index in [1.807, 2.05) is 0 Å². The van der Waals surface area contributed by atoms with Gasteiger partial charge in [0.1, 0.15) is 0 Å². The van der Waals surface area contributed by atoms with Crippen LogP contribution in [0.4, 0.5) is 54.8 Å². The number of amides is 3. The van der Waals surface area contributed by atoms with Crippen LogP contribution in [0.15, 0.2) is 36.4 Å². The lowest BCUT2D eigenvalue weighted by atomic mass is 9.89. The second-order valence-electron chi connectivity index (χ2n) is 8.82. The lowest BCUT2D eigenvalue weighted by Gasteiger charge is -2.42. The number of hydrogen-bond donors (Lipinski definition) is 1. The first-order valence-corrected chi connectivity index (χ1v) is 11.4. The van der Waals surface area contributed by atoms with Gasteiger partial charge >= 0.3 is 30.7 Å². The molecule has 2 aromatic carbocycles. The smallest absolute Gasteiger partial charge is 0.416 e. The molecule has 0 aliphatic carbocycles. The van der Waals surface area contributed by atoms with Crippen LogP contribution in [0.2, 0.25) is 0 Å².